The number of methoxy groups -OCH3 is 1. The Hall–Kier alpha value is -2.65. The van der Waals surface area contributed by atoms with Gasteiger partial charge in [0.25, 0.3) is 6.43 Å². The van der Waals surface area contributed by atoms with E-state index in [1.54, 1.807) is 24.3 Å². The lowest BCUT2D eigenvalue weighted by molar-refractivity contribution is 0.223. The third kappa shape index (κ3) is 4.04. The van der Waals surface area contributed by atoms with Crippen molar-refractivity contribution >= 4 is 28.1 Å². The van der Waals surface area contributed by atoms with E-state index in [1.807, 2.05) is 0 Å². The molecule has 0 bridgehead atoms. The summed E-state index contributed by atoms with van der Waals surface area (Å²) in [6.07, 6.45) is -1.21. The minimum atomic E-state index is -2.71. The van der Waals surface area contributed by atoms with Gasteiger partial charge in [-0.3, -0.25) is 0 Å². The Bertz CT molecular complexity index is 930. The minimum Gasteiger partial charge on any atom is -0.494 e. The first-order valence-corrected chi connectivity index (χ1v) is 9.08. The van der Waals surface area contributed by atoms with E-state index in [2.05, 4.69) is 5.10 Å². The number of alkyl halides is 2. The van der Waals surface area contributed by atoms with Gasteiger partial charge in [-0.1, -0.05) is 6.08 Å². The van der Waals surface area contributed by atoms with Crippen LogP contribution in [0.3, 0.4) is 0 Å². The maximum absolute atomic E-state index is 14.1. The number of hydrogen-bond donors (Lipinski definition) is 1. The van der Waals surface area contributed by atoms with Crippen molar-refractivity contribution in [3.05, 3.63) is 59.9 Å². The van der Waals surface area contributed by atoms with Gasteiger partial charge in [0.05, 0.1) is 23.4 Å². The molecule has 2 aromatic rings. The second kappa shape index (κ2) is 7.93. The zero-order valence-corrected chi connectivity index (χ0v) is 15.1. The van der Waals surface area contributed by atoms with Crippen LogP contribution in [-0.4, -0.2) is 23.5 Å². The lowest BCUT2D eigenvalue weighted by atomic mass is 10.1. The second-order valence-corrected chi connectivity index (χ2v) is 6.70. The molecule has 0 radical (unpaired) electrons. The average Bonchev–Trinajstić information content (AvgIpc) is 2.67. The number of allylic oxidation sites excluding steroid dienone is 1. The van der Waals surface area contributed by atoms with E-state index in [4.69, 9.17) is 9.88 Å². The molecule has 5 nitrogen and oxygen atoms in total. The number of ether oxygens (including phenoxy) is 1. The quantitative estimate of drug-likeness (QED) is 0.840. The van der Waals surface area contributed by atoms with Crippen LogP contribution in [0, 0.1) is 5.82 Å². The fourth-order valence-electron chi connectivity index (χ4n) is 2.63. The van der Waals surface area contributed by atoms with Crippen LogP contribution in [0.4, 0.5) is 18.9 Å². The molecule has 2 N–H and O–H groups in total. The SMILES string of the molecule is COc1ccc(C2=CCC(C(F)F)=NN2c2ccc(S(N)=O)cc2)cc1F. The average molecular weight is 395 g/mol. The Morgan fingerprint density at radius 3 is 2.48 bits per heavy atom. The molecule has 0 saturated carbocycles. The number of hydrogen-bond acceptors (Lipinski definition) is 4. The summed E-state index contributed by atoms with van der Waals surface area (Å²) in [7, 11) is -0.307. The summed E-state index contributed by atoms with van der Waals surface area (Å²) in [5.41, 5.74) is 1.04. The van der Waals surface area contributed by atoms with Crippen LogP contribution >= 0.6 is 0 Å². The summed E-state index contributed by atoms with van der Waals surface area (Å²) < 4.78 is 56.7. The summed E-state index contributed by atoms with van der Waals surface area (Å²) in [5.74, 6) is -0.498. The lowest BCUT2D eigenvalue weighted by Gasteiger charge is -2.27. The van der Waals surface area contributed by atoms with E-state index < -0.39 is 23.2 Å². The Kier molecular flexibility index (Phi) is 5.62. The Labute approximate surface area is 156 Å². The normalized spacial score (nSPS) is 15.4. The van der Waals surface area contributed by atoms with E-state index >= 15 is 0 Å². The van der Waals surface area contributed by atoms with Gasteiger partial charge in [0.1, 0.15) is 16.7 Å². The zero-order valence-electron chi connectivity index (χ0n) is 14.2. The van der Waals surface area contributed by atoms with Gasteiger partial charge in [-0.05, 0) is 42.5 Å². The van der Waals surface area contributed by atoms with E-state index in [-0.39, 0.29) is 17.9 Å². The van der Waals surface area contributed by atoms with Crippen molar-refractivity contribution in [3.8, 4) is 5.75 Å². The molecule has 0 aromatic heterocycles. The highest BCUT2D eigenvalue weighted by Gasteiger charge is 2.24. The summed E-state index contributed by atoms with van der Waals surface area (Å²) >= 11 is 0. The first-order valence-electron chi connectivity index (χ1n) is 7.86. The van der Waals surface area contributed by atoms with Gasteiger partial charge in [0.15, 0.2) is 11.6 Å². The third-order valence-electron chi connectivity index (χ3n) is 3.97. The summed E-state index contributed by atoms with van der Waals surface area (Å²) in [5, 5.41) is 10.7. The molecule has 0 spiro atoms. The van der Waals surface area contributed by atoms with Crippen LogP contribution in [0.25, 0.3) is 5.70 Å². The number of hydrazone groups is 1. The van der Waals surface area contributed by atoms with Crippen LogP contribution < -0.4 is 14.9 Å². The van der Waals surface area contributed by atoms with Crippen molar-refractivity contribution in [2.45, 2.75) is 17.7 Å². The summed E-state index contributed by atoms with van der Waals surface area (Å²) in [6, 6.07) is 10.5. The lowest BCUT2D eigenvalue weighted by Crippen LogP contribution is -2.25. The highest BCUT2D eigenvalue weighted by atomic mass is 32.2. The van der Waals surface area contributed by atoms with Gasteiger partial charge in [-0.15, -0.1) is 0 Å². The smallest absolute Gasteiger partial charge is 0.278 e. The predicted molar refractivity (Wildman–Crippen MR) is 98.5 cm³/mol. The maximum atomic E-state index is 14.1. The number of nitrogens with two attached hydrogens (primary N) is 1. The number of nitrogens with zero attached hydrogens (tertiary/aromatic N) is 2. The largest absolute Gasteiger partial charge is 0.494 e. The van der Waals surface area contributed by atoms with Crippen molar-refractivity contribution in [1.29, 1.82) is 0 Å². The van der Waals surface area contributed by atoms with Crippen molar-refractivity contribution in [2.24, 2.45) is 10.2 Å². The van der Waals surface area contributed by atoms with Gasteiger partial charge >= 0.3 is 0 Å². The first-order chi connectivity index (χ1) is 12.9. The van der Waals surface area contributed by atoms with Crippen molar-refractivity contribution in [3.63, 3.8) is 0 Å². The molecule has 1 heterocycles. The summed E-state index contributed by atoms with van der Waals surface area (Å²) in [4.78, 5) is 0.384. The highest BCUT2D eigenvalue weighted by molar-refractivity contribution is 7.82. The molecule has 0 aliphatic carbocycles. The first kappa shape index (κ1) is 19.1. The highest BCUT2D eigenvalue weighted by Crippen LogP contribution is 2.33. The fourth-order valence-corrected chi connectivity index (χ4v) is 3.03. The molecule has 1 unspecified atom stereocenters. The molecule has 0 fully saturated rings. The van der Waals surface area contributed by atoms with Crippen molar-refractivity contribution < 1.29 is 22.1 Å². The van der Waals surface area contributed by atoms with Gasteiger partial charge in [0.2, 0.25) is 0 Å². The van der Waals surface area contributed by atoms with Crippen LogP contribution in [0.2, 0.25) is 0 Å². The molecular formula is C18H16F3N3O2S. The molecule has 9 heteroatoms. The monoisotopic (exact) mass is 395 g/mol. The number of anilines is 1. The number of benzene rings is 2. The van der Waals surface area contributed by atoms with Gasteiger partial charge < -0.3 is 4.74 Å². The van der Waals surface area contributed by atoms with Crippen LogP contribution in [-0.2, 0) is 11.0 Å². The standard InChI is InChI=1S/C18H16F3N3O2S/c1-26-17-9-2-11(10-14(17)19)16-8-7-15(18(20)21)23-24(16)12-3-5-13(6-4-12)27(22)25/h2-6,8-10,18H,7,22H2,1H3. The molecule has 2 aromatic carbocycles. The maximum Gasteiger partial charge on any atom is 0.278 e. The Balaban J connectivity index is 2.04. The predicted octanol–water partition coefficient (Wildman–Crippen LogP) is 3.69. The molecule has 142 valence electrons. The second-order valence-electron chi connectivity index (χ2n) is 5.64. The molecule has 3 rings (SSSR count). The van der Waals surface area contributed by atoms with E-state index in [9.17, 15) is 17.4 Å². The Morgan fingerprint density at radius 1 is 1.22 bits per heavy atom. The van der Waals surface area contributed by atoms with E-state index in [0.717, 1.165) is 0 Å². The third-order valence-corrected chi connectivity index (χ3v) is 4.71. The van der Waals surface area contributed by atoms with Gasteiger partial charge in [0, 0.05) is 12.0 Å². The molecule has 27 heavy (non-hydrogen) atoms. The molecule has 0 amide bonds. The van der Waals surface area contributed by atoms with Crippen LogP contribution in [0.15, 0.2) is 58.5 Å². The number of halogens is 3. The van der Waals surface area contributed by atoms with Gasteiger partial charge in [-0.2, -0.15) is 5.10 Å². The molecule has 1 atom stereocenters. The molecule has 1 aliphatic rings. The minimum absolute atomic E-state index is 0.0535. The number of rotatable bonds is 5. The zero-order chi connectivity index (χ0) is 19.6. The van der Waals surface area contributed by atoms with Crippen molar-refractivity contribution in [2.75, 3.05) is 12.1 Å². The Morgan fingerprint density at radius 2 is 1.93 bits per heavy atom. The topological polar surface area (TPSA) is 67.9 Å². The van der Waals surface area contributed by atoms with Crippen LogP contribution in [0.5, 0.6) is 5.75 Å². The van der Waals surface area contributed by atoms with Crippen LogP contribution in [0.1, 0.15) is 12.0 Å². The molecular weight excluding hydrogens is 379 g/mol. The van der Waals surface area contributed by atoms with E-state index in [1.165, 1.54) is 36.4 Å². The summed E-state index contributed by atoms with van der Waals surface area (Å²) in [6.45, 7) is 0. The fraction of sp³-hybridized carbons (Fsp3) is 0.167. The van der Waals surface area contributed by atoms with Gasteiger partial charge in [-0.25, -0.2) is 27.5 Å². The van der Waals surface area contributed by atoms with E-state index in [0.29, 0.717) is 21.8 Å². The molecule has 0 saturated heterocycles. The van der Waals surface area contributed by atoms with Crippen molar-refractivity contribution in [1.82, 2.24) is 0 Å². The molecule has 1 aliphatic heterocycles.